The molecule has 0 aliphatic carbocycles. The number of esters is 1. The van der Waals surface area contributed by atoms with Crippen molar-refractivity contribution in [3.8, 4) is 17.6 Å². The van der Waals surface area contributed by atoms with Crippen molar-refractivity contribution < 1.29 is 28.9 Å². The normalized spacial score (nSPS) is 15.0. The van der Waals surface area contributed by atoms with Crippen LogP contribution >= 0.6 is 0 Å². The number of carbonyl (C=O) groups is 2. The van der Waals surface area contributed by atoms with E-state index in [2.05, 4.69) is 11.8 Å². The molecule has 1 heterocycles. The Balaban J connectivity index is 1.96. The largest absolute Gasteiger partial charge is 0.488 e. The fourth-order valence-electron chi connectivity index (χ4n) is 3.64. The van der Waals surface area contributed by atoms with Gasteiger partial charge in [0, 0.05) is 12.8 Å². The monoisotopic (exact) mass is 465 g/mol. The summed E-state index contributed by atoms with van der Waals surface area (Å²) in [5.74, 6) is 6.09. The minimum absolute atomic E-state index is 0.0363. The van der Waals surface area contributed by atoms with Gasteiger partial charge in [-0.25, -0.2) is 9.59 Å². The van der Waals surface area contributed by atoms with Gasteiger partial charge >= 0.3 is 12.1 Å². The highest BCUT2D eigenvalue weighted by Gasteiger charge is 2.38. The number of hydrogen-bond acceptors (Lipinski definition) is 6. The molecule has 1 atom stereocenters. The lowest BCUT2D eigenvalue weighted by Crippen LogP contribution is -2.50. The molecule has 0 bridgehead atoms. The van der Waals surface area contributed by atoms with Crippen LogP contribution in [-0.4, -0.2) is 47.4 Å². The summed E-state index contributed by atoms with van der Waals surface area (Å²) >= 11 is 0. The zero-order valence-electron chi connectivity index (χ0n) is 20.1. The van der Waals surface area contributed by atoms with Crippen LogP contribution in [-0.2, 0) is 33.8 Å². The van der Waals surface area contributed by atoms with Crippen molar-refractivity contribution in [3.05, 3.63) is 64.7 Å². The Hall–Kier alpha value is -3.50. The smallest absolute Gasteiger partial charge is 0.411 e. The first-order valence-corrected chi connectivity index (χ1v) is 11.2. The number of nitrogens with zero attached hydrogens (tertiary/aromatic N) is 1. The van der Waals surface area contributed by atoms with Crippen molar-refractivity contribution >= 4 is 12.1 Å². The number of aliphatic hydroxyl groups is 1. The average Bonchev–Trinajstić information content (AvgIpc) is 2.81. The zero-order valence-corrected chi connectivity index (χ0v) is 20.1. The van der Waals surface area contributed by atoms with Crippen LogP contribution in [0.2, 0.25) is 0 Å². The molecule has 7 nitrogen and oxygen atoms in total. The van der Waals surface area contributed by atoms with Gasteiger partial charge in [0.25, 0.3) is 0 Å². The topological polar surface area (TPSA) is 85.3 Å². The van der Waals surface area contributed by atoms with Crippen LogP contribution in [0.25, 0.3) is 0 Å². The second kappa shape index (κ2) is 11.1. The fourth-order valence-corrected chi connectivity index (χ4v) is 3.64. The molecule has 0 aromatic heterocycles. The van der Waals surface area contributed by atoms with Gasteiger partial charge in [0.2, 0.25) is 0 Å². The summed E-state index contributed by atoms with van der Waals surface area (Å²) in [5, 5.41) is 9.12. The second-order valence-electron chi connectivity index (χ2n) is 9.02. The van der Waals surface area contributed by atoms with Crippen LogP contribution in [0, 0.1) is 11.8 Å². The lowest BCUT2D eigenvalue weighted by molar-refractivity contribution is -0.147. The molecule has 0 unspecified atom stereocenters. The Morgan fingerprint density at radius 2 is 1.88 bits per heavy atom. The Morgan fingerprint density at radius 1 is 1.15 bits per heavy atom. The van der Waals surface area contributed by atoms with E-state index in [-0.39, 0.29) is 19.6 Å². The molecule has 2 aromatic carbocycles. The molecule has 0 radical (unpaired) electrons. The van der Waals surface area contributed by atoms with E-state index in [1.54, 1.807) is 20.8 Å². The maximum Gasteiger partial charge on any atom is 0.411 e. The fraction of sp³-hybridized carbons (Fsp3) is 0.407. The van der Waals surface area contributed by atoms with E-state index in [1.807, 2.05) is 42.5 Å². The van der Waals surface area contributed by atoms with Gasteiger partial charge in [0.05, 0.1) is 25.8 Å². The third-order valence-electron chi connectivity index (χ3n) is 5.23. The summed E-state index contributed by atoms with van der Waals surface area (Å²) in [5.41, 5.74) is 2.70. The van der Waals surface area contributed by atoms with E-state index in [1.165, 1.54) is 12.0 Å². The first-order chi connectivity index (χ1) is 16.2. The maximum absolute atomic E-state index is 12.9. The lowest BCUT2D eigenvalue weighted by Gasteiger charge is -2.36. The summed E-state index contributed by atoms with van der Waals surface area (Å²) in [6.07, 6.45) is 0.0302. The molecule has 3 rings (SSSR count). The first-order valence-electron chi connectivity index (χ1n) is 11.2. The van der Waals surface area contributed by atoms with E-state index < -0.39 is 23.7 Å². The quantitative estimate of drug-likeness (QED) is 0.534. The number of benzene rings is 2. The van der Waals surface area contributed by atoms with Gasteiger partial charge in [-0.05, 0) is 49.6 Å². The van der Waals surface area contributed by atoms with Gasteiger partial charge in [0.1, 0.15) is 24.0 Å². The van der Waals surface area contributed by atoms with Crippen LogP contribution in [0.5, 0.6) is 5.75 Å². The molecule has 1 amide bonds. The zero-order chi connectivity index (χ0) is 24.7. The van der Waals surface area contributed by atoms with Crippen molar-refractivity contribution in [2.75, 3.05) is 13.7 Å². The van der Waals surface area contributed by atoms with Gasteiger partial charge in [-0.3, -0.25) is 4.90 Å². The second-order valence-corrected chi connectivity index (χ2v) is 9.02. The summed E-state index contributed by atoms with van der Waals surface area (Å²) < 4.78 is 16.6. The highest BCUT2D eigenvalue weighted by atomic mass is 16.6. The third-order valence-corrected chi connectivity index (χ3v) is 5.23. The summed E-state index contributed by atoms with van der Waals surface area (Å²) in [6, 6.07) is 12.7. The van der Waals surface area contributed by atoms with Crippen LogP contribution < -0.4 is 4.74 Å². The number of fused-ring (bicyclic) bond motifs is 1. The number of aliphatic hydroxyl groups excluding tert-OH is 1. The number of rotatable bonds is 5. The molecular formula is C27H31NO6. The molecular weight excluding hydrogens is 434 g/mol. The molecule has 7 heteroatoms. The molecule has 0 fully saturated rings. The van der Waals surface area contributed by atoms with E-state index in [9.17, 15) is 9.59 Å². The van der Waals surface area contributed by atoms with Gasteiger partial charge in [-0.15, -0.1) is 0 Å². The number of ether oxygens (including phenoxy) is 3. The first kappa shape index (κ1) is 25.1. The van der Waals surface area contributed by atoms with Crippen molar-refractivity contribution in [1.82, 2.24) is 4.90 Å². The Bertz CT molecular complexity index is 1080. The van der Waals surface area contributed by atoms with Crippen LogP contribution in [0.3, 0.4) is 0 Å². The van der Waals surface area contributed by atoms with Crippen molar-refractivity contribution in [2.24, 2.45) is 0 Å². The molecule has 34 heavy (non-hydrogen) atoms. The number of methoxy groups -OCH3 is 1. The van der Waals surface area contributed by atoms with E-state index in [0.717, 1.165) is 16.7 Å². The van der Waals surface area contributed by atoms with Crippen LogP contribution in [0.1, 0.15) is 49.4 Å². The van der Waals surface area contributed by atoms with Gasteiger partial charge in [0.15, 0.2) is 0 Å². The highest BCUT2D eigenvalue weighted by Crippen LogP contribution is 2.32. The predicted molar refractivity (Wildman–Crippen MR) is 127 cm³/mol. The van der Waals surface area contributed by atoms with E-state index >= 15 is 0 Å². The Kier molecular flexibility index (Phi) is 8.19. The number of hydrogen-bond donors (Lipinski definition) is 1. The maximum atomic E-state index is 12.9. The van der Waals surface area contributed by atoms with Crippen molar-refractivity contribution in [1.29, 1.82) is 0 Å². The summed E-state index contributed by atoms with van der Waals surface area (Å²) in [4.78, 5) is 26.8. The number of amides is 1. The SMILES string of the molecule is COC(=O)[C@@H]1Cc2cc(OCc3ccccc3)c(C#CCCO)cc2CN1C(=O)OC(C)(C)C. The molecule has 180 valence electrons. The molecule has 2 aromatic rings. The predicted octanol–water partition coefficient (Wildman–Crippen LogP) is 3.83. The molecule has 1 N–H and O–H groups in total. The highest BCUT2D eigenvalue weighted by molar-refractivity contribution is 5.82. The Labute approximate surface area is 200 Å². The summed E-state index contributed by atoms with van der Waals surface area (Å²) in [6.45, 7) is 5.84. The molecule has 1 aliphatic rings. The minimum atomic E-state index is -0.805. The van der Waals surface area contributed by atoms with Gasteiger partial charge in [-0.1, -0.05) is 42.2 Å². The summed E-state index contributed by atoms with van der Waals surface area (Å²) in [7, 11) is 1.30. The lowest BCUT2D eigenvalue weighted by atomic mass is 9.92. The van der Waals surface area contributed by atoms with Crippen molar-refractivity contribution in [3.63, 3.8) is 0 Å². The van der Waals surface area contributed by atoms with Crippen LogP contribution in [0.4, 0.5) is 4.79 Å². The molecule has 0 saturated carbocycles. The van der Waals surface area contributed by atoms with Crippen molar-refractivity contribution in [2.45, 2.75) is 58.4 Å². The minimum Gasteiger partial charge on any atom is -0.488 e. The van der Waals surface area contributed by atoms with Gasteiger partial charge < -0.3 is 19.3 Å². The molecule has 0 saturated heterocycles. The molecule has 0 spiro atoms. The van der Waals surface area contributed by atoms with E-state index in [0.29, 0.717) is 24.3 Å². The number of carbonyl (C=O) groups excluding carboxylic acids is 2. The van der Waals surface area contributed by atoms with E-state index in [4.69, 9.17) is 19.3 Å². The standard InChI is InChI=1S/C27H31NO6/c1-27(2,3)34-26(31)28-17-22-14-20(12-8-9-13-29)24(33-18-19-10-6-5-7-11-19)16-21(22)15-23(28)25(30)32-4/h5-7,10-11,14,16,23,29H,9,13,15,17-18H2,1-4H3/t23-/m0/s1. The van der Waals surface area contributed by atoms with Gasteiger partial charge in [-0.2, -0.15) is 0 Å². The average molecular weight is 466 g/mol. The Morgan fingerprint density at radius 3 is 2.53 bits per heavy atom. The third kappa shape index (κ3) is 6.52. The van der Waals surface area contributed by atoms with Crippen LogP contribution in [0.15, 0.2) is 42.5 Å². The molecule has 1 aliphatic heterocycles.